The molecule has 0 spiro atoms. The van der Waals surface area contributed by atoms with Crippen molar-refractivity contribution in [1.29, 1.82) is 0 Å². The lowest BCUT2D eigenvalue weighted by atomic mass is 10.1. The molecule has 1 aromatic heterocycles. The van der Waals surface area contributed by atoms with E-state index in [1.165, 1.54) is 12.1 Å². The predicted molar refractivity (Wildman–Crippen MR) is 81.8 cm³/mol. The van der Waals surface area contributed by atoms with Crippen molar-refractivity contribution in [3.8, 4) is 11.4 Å². The summed E-state index contributed by atoms with van der Waals surface area (Å²) in [4.78, 5) is 19.1. The van der Waals surface area contributed by atoms with E-state index in [4.69, 9.17) is 0 Å². The molecule has 0 amide bonds. The zero-order chi connectivity index (χ0) is 14.2. The number of rotatable bonds is 2. The Kier molecular flexibility index (Phi) is 4.03. The Bertz CT molecular complexity index is 659. The maximum atomic E-state index is 13.4. The summed E-state index contributed by atoms with van der Waals surface area (Å²) in [6.07, 6.45) is 0. The fourth-order valence-corrected chi connectivity index (χ4v) is 2.75. The average molecular weight is 372 g/mol. The lowest BCUT2D eigenvalue weighted by Gasteiger charge is -2.10. The zero-order valence-electron chi connectivity index (χ0n) is 10.9. The van der Waals surface area contributed by atoms with E-state index in [9.17, 15) is 9.18 Å². The van der Waals surface area contributed by atoms with E-state index in [1.807, 2.05) is 36.4 Å². The van der Waals surface area contributed by atoms with Crippen LogP contribution in [0.15, 0.2) is 23.0 Å². The van der Waals surface area contributed by atoms with Gasteiger partial charge in [-0.25, -0.2) is 9.37 Å². The van der Waals surface area contributed by atoms with E-state index in [-0.39, 0.29) is 17.3 Å². The van der Waals surface area contributed by atoms with Crippen molar-refractivity contribution in [2.75, 3.05) is 0 Å². The fraction of sp³-hybridized carbons (Fsp3) is 0.286. The van der Waals surface area contributed by atoms with E-state index in [1.54, 1.807) is 13.0 Å². The van der Waals surface area contributed by atoms with Gasteiger partial charge in [0.25, 0.3) is 5.56 Å². The van der Waals surface area contributed by atoms with Crippen LogP contribution in [0.4, 0.5) is 4.39 Å². The van der Waals surface area contributed by atoms with Crippen molar-refractivity contribution < 1.29 is 4.39 Å². The van der Waals surface area contributed by atoms with Gasteiger partial charge in [0.1, 0.15) is 11.6 Å². The quantitative estimate of drug-likeness (QED) is 0.819. The van der Waals surface area contributed by atoms with Crippen molar-refractivity contribution in [2.45, 2.75) is 26.7 Å². The molecule has 1 N–H and O–H groups in total. The second kappa shape index (κ2) is 5.40. The highest BCUT2D eigenvalue weighted by atomic mass is 127. The Morgan fingerprint density at radius 1 is 1.32 bits per heavy atom. The molecule has 3 nitrogen and oxygen atoms in total. The largest absolute Gasteiger partial charge is 0.306 e. The highest BCUT2D eigenvalue weighted by Crippen LogP contribution is 2.21. The Morgan fingerprint density at radius 2 is 2.00 bits per heavy atom. The summed E-state index contributed by atoms with van der Waals surface area (Å²) in [5, 5.41) is 0. The number of H-pyrrole nitrogens is 1. The number of aromatic amines is 1. The number of halogens is 2. The molecule has 0 atom stereocenters. The van der Waals surface area contributed by atoms with Gasteiger partial charge in [-0.3, -0.25) is 4.79 Å². The lowest BCUT2D eigenvalue weighted by molar-refractivity contribution is 0.627. The topological polar surface area (TPSA) is 45.8 Å². The number of aromatic nitrogens is 2. The normalized spacial score (nSPS) is 11.1. The minimum atomic E-state index is -0.331. The molecule has 0 unspecified atom stereocenters. The minimum Gasteiger partial charge on any atom is -0.306 e. The van der Waals surface area contributed by atoms with Crippen LogP contribution in [0, 0.1) is 16.3 Å². The van der Waals surface area contributed by atoms with Crippen molar-refractivity contribution >= 4 is 22.6 Å². The lowest BCUT2D eigenvalue weighted by Crippen LogP contribution is -2.17. The van der Waals surface area contributed by atoms with E-state index >= 15 is 0 Å². The van der Waals surface area contributed by atoms with Crippen LogP contribution in [0.3, 0.4) is 0 Å². The first-order chi connectivity index (χ1) is 8.88. The van der Waals surface area contributed by atoms with Gasteiger partial charge in [-0.15, -0.1) is 0 Å². The molecule has 19 heavy (non-hydrogen) atoms. The molecule has 1 heterocycles. The highest BCUT2D eigenvalue weighted by Gasteiger charge is 2.13. The predicted octanol–water partition coefficient (Wildman–Crippen LogP) is 3.61. The second-order valence-electron chi connectivity index (χ2n) is 4.79. The fourth-order valence-electron chi connectivity index (χ4n) is 1.87. The summed E-state index contributed by atoms with van der Waals surface area (Å²) in [5.41, 5.74) is 1.94. The van der Waals surface area contributed by atoms with Crippen LogP contribution in [0.5, 0.6) is 0 Å². The summed E-state index contributed by atoms with van der Waals surface area (Å²) < 4.78 is 14.0. The van der Waals surface area contributed by atoms with Gasteiger partial charge in [0.15, 0.2) is 0 Å². The number of aryl methyl sites for hydroxylation is 1. The first-order valence-corrected chi connectivity index (χ1v) is 7.03. The zero-order valence-corrected chi connectivity index (χ0v) is 13.1. The van der Waals surface area contributed by atoms with Gasteiger partial charge in [-0.2, -0.15) is 0 Å². The molecular formula is C14H14FIN2O. The van der Waals surface area contributed by atoms with E-state index in [2.05, 4.69) is 9.97 Å². The van der Waals surface area contributed by atoms with Crippen molar-refractivity contribution in [1.82, 2.24) is 9.97 Å². The van der Waals surface area contributed by atoms with Crippen LogP contribution in [-0.4, -0.2) is 9.97 Å². The Hall–Kier alpha value is -1.24. The van der Waals surface area contributed by atoms with Gasteiger partial charge >= 0.3 is 0 Å². The molecule has 0 saturated heterocycles. The first-order valence-electron chi connectivity index (χ1n) is 5.95. The van der Waals surface area contributed by atoms with E-state index in [0.717, 1.165) is 11.3 Å². The molecule has 5 heteroatoms. The van der Waals surface area contributed by atoms with Crippen LogP contribution in [-0.2, 0) is 0 Å². The standard InChI is InChI=1S/C14H14FIN2O/c1-7(2)12-11(16)14(19)18-13(17-12)9-4-8(3)5-10(15)6-9/h4-7H,1-3H3,(H,17,18,19). The summed E-state index contributed by atoms with van der Waals surface area (Å²) in [6.45, 7) is 5.76. The van der Waals surface area contributed by atoms with Crippen LogP contribution in [0.2, 0.25) is 0 Å². The molecule has 2 aromatic rings. The van der Waals surface area contributed by atoms with Crippen LogP contribution in [0.1, 0.15) is 31.0 Å². The number of hydrogen-bond donors (Lipinski definition) is 1. The smallest absolute Gasteiger partial charge is 0.264 e. The third-order valence-electron chi connectivity index (χ3n) is 2.75. The molecule has 100 valence electrons. The Labute approximate surface area is 124 Å². The van der Waals surface area contributed by atoms with Crippen LogP contribution >= 0.6 is 22.6 Å². The monoisotopic (exact) mass is 372 g/mol. The molecule has 0 fully saturated rings. The molecule has 0 bridgehead atoms. The third kappa shape index (κ3) is 3.02. The summed E-state index contributed by atoms with van der Waals surface area (Å²) >= 11 is 1.99. The van der Waals surface area contributed by atoms with Crippen molar-refractivity contribution in [3.63, 3.8) is 0 Å². The summed E-state index contributed by atoms with van der Waals surface area (Å²) in [6, 6.07) is 4.62. The molecule has 0 saturated carbocycles. The van der Waals surface area contributed by atoms with Crippen LogP contribution < -0.4 is 5.56 Å². The summed E-state index contributed by atoms with van der Waals surface area (Å²) in [7, 11) is 0. The van der Waals surface area contributed by atoms with Gasteiger partial charge in [0.2, 0.25) is 0 Å². The molecular weight excluding hydrogens is 358 g/mol. The van der Waals surface area contributed by atoms with Gasteiger partial charge in [-0.05, 0) is 59.2 Å². The number of benzene rings is 1. The summed E-state index contributed by atoms with van der Waals surface area (Å²) in [5.74, 6) is 0.224. The molecule has 1 aromatic carbocycles. The number of nitrogens with zero attached hydrogens (tertiary/aromatic N) is 1. The second-order valence-corrected chi connectivity index (χ2v) is 5.86. The van der Waals surface area contributed by atoms with Gasteiger partial charge in [0, 0.05) is 5.56 Å². The van der Waals surface area contributed by atoms with Gasteiger partial charge in [-0.1, -0.05) is 13.8 Å². The van der Waals surface area contributed by atoms with Crippen molar-refractivity contribution in [2.24, 2.45) is 0 Å². The number of hydrogen-bond acceptors (Lipinski definition) is 2. The van der Waals surface area contributed by atoms with E-state index in [0.29, 0.717) is 15.0 Å². The average Bonchev–Trinajstić information content (AvgIpc) is 2.30. The Balaban J connectivity index is 2.66. The third-order valence-corrected chi connectivity index (χ3v) is 3.79. The van der Waals surface area contributed by atoms with Gasteiger partial charge < -0.3 is 4.98 Å². The maximum Gasteiger partial charge on any atom is 0.264 e. The molecule has 2 rings (SSSR count). The van der Waals surface area contributed by atoms with Crippen LogP contribution in [0.25, 0.3) is 11.4 Å². The first kappa shape index (κ1) is 14.2. The molecule has 0 aliphatic rings. The SMILES string of the molecule is Cc1cc(F)cc(-c2nc(C(C)C)c(I)c(=O)[nH]2)c1. The minimum absolute atomic E-state index is 0.141. The van der Waals surface area contributed by atoms with Gasteiger partial charge in [0.05, 0.1) is 9.26 Å². The Morgan fingerprint density at radius 3 is 2.58 bits per heavy atom. The van der Waals surface area contributed by atoms with E-state index < -0.39 is 0 Å². The number of nitrogens with one attached hydrogen (secondary N) is 1. The van der Waals surface area contributed by atoms with Crippen molar-refractivity contribution in [3.05, 3.63) is 49.2 Å². The molecule has 0 radical (unpaired) electrons. The molecule has 0 aliphatic carbocycles. The maximum absolute atomic E-state index is 13.4. The highest BCUT2D eigenvalue weighted by molar-refractivity contribution is 14.1. The molecule has 0 aliphatic heterocycles.